The highest BCUT2D eigenvalue weighted by Gasteiger charge is 2.05. The van der Waals surface area contributed by atoms with Crippen LogP contribution in [0, 0.1) is 0 Å². The number of aromatic nitrogens is 5. The summed E-state index contributed by atoms with van der Waals surface area (Å²) in [4.78, 5) is 22.1. The van der Waals surface area contributed by atoms with E-state index in [0.29, 0.717) is 0 Å². The number of pyridine rings is 5. The molecule has 0 N–H and O–H groups in total. The Morgan fingerprint density at radius 3 is 0.909 bits per heavy atom. The van der Waals surface area contributed by atoms with Crippen molar-refractivity contribution in [1.82, 2.24) is 24.9 Å². The Morgan fingerprint density at radius 1 is 0.195 bits per heavy atom. The smallest absolute Gasteiger partial charge is 0.0780 e. The van der Waals surface area contributed by atoms with Crippen LogP contribution in [0.1, 0.15) is 37.1 Å². The molecule has 0 spiro atoms. The van der Waals surface area contributed by atoms with Gasteiger partial charge in [-0.3, -0.25) is 19.9 Å². The molecule has 5 nitrogen and oxygen atoms in total. The van der Waals surface area contributed by atoms with Gasteiger partial charge >= 0.3 is 0 Å². The highest BCUT2D eigenvalue weighted by atomic mass is 14.7. The van der Waals surface area contributed by atoms with E-state index in [0.717, 1.165) is 50.7 Å². The Morgan fingerprint density at radius 2 is 0.519 bits per heavy atom. The van der Waals surface area contributed by atoms with Crippen molar-refractivity contribution in [3.8, 4) is 56.3 Å². The Labute approximate surface area is 458 Å². The molecule has 13 aromatic rings. The second-order valence-corrected chi connectivity index (χ2v) is 16.4. The SMILES string of the molecule is C.C.C.C.C.c1ccc(-c2ccc3ccccc3n2)cc1.c1ccc(-c2ccccn2)cc1.c1ccc(-c2ccccn2)cc1.c1ccc(-c2nccc3ccccc23)cc1.c1ccc(-c2nccc3ccccc23)cc1. The minimum atomic E-state index is 0. The molecule has 0 aliphatic carbocycles. The summed E-state index contributed by atoms with van der Waals surface area (Å²) in [6, 6.07) is 96.1. The second-order valence-electron chi connectivity index (χ2n) is 16.4. The molecule has 5 aromatic heterocycles. The van der Waals surface area contributed by atoms with Gasteiger partial charge in [-0.1, -0.05) is 274 Å². The number of fused-ring (bicyclic) bond motifs is 3. The summed E-state index contributed by atoms with van der Waals surface area (Å²) < 4.78 is 0. The van der Waals surface area contributed by atoms with E-state index in [4.69, 9.17) is 0 Å². The van der Waals surface area contributed by atoms with Crippen LogP contribution < -0.4 is 0 Å². The van der Waals surface area contributed by atoms with Gasteiger partial charge in [-0.15, -0.1) is 0 Å². The molecule has 0 aliphatic rings. The molecular weight excluding hydrogens is 935 g/mol. The second kappa shape index (κ2) is 31.8. The monoisotopic (exact) mass is 1010 g/mol. The van der Waals surface area contributed by atoms with Crippen molar-refractivity contribution in [2.45, 2.75) is 37.1 Å². The van der Waals surface area contributed by atoms with Gasteiger partial charge in [-0.25, -0.2) is 4.98 Å². The first-order valence-electron chi connectivity index (χ1n) is 23.9. The van der Waals surface area contributed by atoms with Crippen molar-refractivity contribution in [3.05, 3.63) is 310 Å². The van der Waals surface area contributed by atoms with E-state index in [1.807, 2.05) is 183 Å². The van der Waals surface area contributed by atoms with Crippen LogP contribution in [0.15, 0.2) is 310 Å². The van der Waals surface area contributed by atoms with Crippen LogP contribution in [-0.2, 0) is 0 Å². The summed E-state index contributed by atoms with van der Waals surface area (Å²) in [5, 5.41) is 6.06. The quantitative estimate of drug-likeness (QED) is 0.172. The van der Waals surface area contributed by atoms with Crippen LogP contribution in [0.2, 0.25) is 0 Å². The summed E-state index contributed by atoms with van der Waals surface area (Å²) >= 11 is 0. The Kier molecular flexibility index (Phi) is 24.7. The van der Waals surface area contributed by atoms with Crippen molar-refractivity contribution in [3.63, 3.8) is 0 Å². The first-order valence-corrected chi connectivity index (χ1v) is 23.9. The third kappa shape index (κ3) is 16.6. The summed E-state index contributed by atoms with van der Waals surface area (Å²) in [7, 11) is 0. The van der Waals surface area contributed by atoms with E-state index in [1.54, 1.807) is 0 Å². The average Bonchev–Trinajstić information content (AvgIpc) is 3.49. The van der Waals surface area contributed by atoms with Crippen molar-refractivity contribution < 1.29 is 0 Å². The van der Waals surface area contributed by atoms with Crippen LogP contribution in [0.5, 0.6) is 0 Å². The zero-order chi connectivity index (χ0) is 48.8. The number of hydrogen-bond donors (Lipinski definition) is 0. The molecule has 0 saturated heterocycles. The maximum absolute atomic E-state index is 4.65. The van der Waals surface area contributed by atoms with E-state index in [1.165, 1.54) is 38.1 Å². The zero-order valence-corrected chi connectivity index (χ0v) is 39.7. The maximum Gasteiger partial charge on any atom is 0.0780 e. The van der Waals surface area contributed by atoms with Gasteiger partial charge in [0, 0.05) is 68.8 Å². The molecule has 0 radical (unpaired) electrons. The minimum Gasteiger partial charge on any atom is -0.256 e. The van der Waals surface area contributed by atoms with Gasteiger partial charge < -0.3 is 0 Å². The lowest BCUT2D eigenvalue weighted by Gasteiger charge is -2.04. The number of nitrogens with zero attached hydrogens (tertiary/aromatic N) is 5. The number of rotatable bonds is 5. The summed E-state index contributed by atoms with van der Waals surface area (Å²) in [6.07, 6.45) is 7.35. The molecule has 0 fully saturated rings. The Hall–Kier alpha value is -9.71. The molecule has 0 saturated carbocycles. The van der Waals surface area contributed by atoms with E-state index >= 15 is 0 Å². The molecule has 0 unspecified atom stereocenters. The lowest BCUT2D eigenvalue weighted by atomic mass is 10.0. The van der Waals surface area contributed by atoms with Crippen LogP contribution in [-0.4, -0.2) is 24.9 Å². The fourth-order valence-corrected chi connectivity index (χ4v) is 8.01. The van der Waals surface area contributed by atoms with Gasteiger partial charge in [0.05, 0.1) is 34.0 Å². The molecule has 0 bridgehead atoms. The van der Waals surface area contributed by atoms with Gasteiger partial charge in [-0.05, 0) is 59.3 Å². The number of hydrogen-bond acceptors (Lipinski definition) is 5. The Bertz CT molecular complexity index is 3370. The molecule has 5 heterocycles. The standard InChI is InChI=1S/3C15H11N.2C11H9N.5CH4/c2*1-2-7-13(8-3-1)15-14-9-5-4-6-12(14)10-11-16-15;1-2-6-12(7-3-1)15-11-10-13-8-4-5-9-14(13)16-15;2*1-2-6-10(7-3-1)11-8-4-5-9-12-11;;;;;/h3*1-11H;2*1-9H;5*1H4. The van der Waals surface area contributed by atoms with Crippen molar-refractivity contribution in [1.29, 1.82) is 0 Å². The van der Waals surface area contributed by atoms with Gasteiger partial charge in [0.25, 0.3) is 0 Å². The normalized spacial score (nSPS) is 9.56. The molecule has 8 aromatic carbocycles. The average molecular weight is 1010 g/mol. The first kappa shape index (κ1) is 59.8. The molecule has 77 heavy (non-hydrogen) atoms. The first-order chi connectivity index (χ1) is 35.8. The predicted molar refractivity (Wildman–Crippen MR) is 335 cm³/mol. The third-order valence-electron chi connectivity index (χ3n) is 11.6. The minimum absolute atomic E-state index is 0. The van der Waals surface area contributed by atoms with Crippen LogP contribution in [0.4, 0.5) is 0 Å². The van der Waals surface area contributed by atoms with Crippen molar-refractivity contribution in [2.75, 3.05) is 0 Å². The summed E-state index contributed by atoms with van der Waals surface area (Å²) in [5.74, 6) is 0. The fourth-order valence-electron chi connectivity index (χ4n) is 8.01. The van der Waals surface area contributed by atoms with E-state index < -0.39 is 0 Å². The highest BCUT2D eigenvalue weighted by Crippen LogP contribution is 2.27. The fraction of sp³-hybridized carbons (Fsp3) is 0.0694. The lowest BCUT2D eigenvalue weighted by molar-refractivity contribution is 1.33. The summed E-state index contributed by atoms with van der Waals surface area (Å²) in [5.41, 5.74) is 12.1. The van der Waals surface area contributed by atoms with Crippen LogP contribution >= 0.6 is 0 Å². The number of para-hydroxylation sites is 1. The largest absolute Gasteiger partial charge is 0.256 e. The molecule has 384 valence electrons. The zero-order valence-electron chi connectivity index (χ0n) is 39.7. The Balaban J connectivity index is 0.000000206. The van der Waals surface area contributed by atoms with Gasteiger partial charge in [0.2, 0.25) is 0 Å². The van der Waals surface area contributed by atoms with Crippen LogP contribution in [0.3, 0.4) is 0 Å². The topological polar surface area (TPSA) is 64.5 Å². The molecule has 0 atom stereocenters. The van der Waals surface area contributed by atoms with Crippen molar-refractivity contribution >= 4 is 32.4 Å². The van der Waals surface area contributed by atoms with Crippen LogP contribution in [0.25, 0.3) is 88.7 Å². The van der Waals surface area contributed by atoms with Gasteiger partial charge in [0.15, 0.2) is 0 Å². The molecular formula is C72H71N5. The number of benzene rings is 8. The molecule has 13 rings (SSSR count). The van der Waals surface area contributed by atoms with E-state index in [-0.39, 0.29) is 37.1 Å². The van der Waals surface area contributed by atoms with Crippen molar-refractivity contribution in [2.24, 2.45) is 0 Å². The van der Waals surface area contributed by atoms with Gasteiger partial charge in [-0.2, -0.15) is 0 Å². The van der Waals surface area contributed by atoms with E-state index in [9.17, 15) is 0 Å². The highest BCUT2D eigenvalue weighted by molar-refractivity contribution is 5.95. The predicted octanol–water partition coefficient (Wildman–Crippen LogP) is 20.4. The molecule has 0 aliphatic heterocycles. The van der Waals surface area contributed by atoms with Gasteiger partial charge in [0.1, 0.15) is 0 Å². The molecule has 5 heteroatoms. The van der Waals surface area contributed by atoms with E-state index in [2.05, 4.69) is 152 Å². The third-order valence-corrected chi connectivity index (χ3v) is 11.6. The summed E-state index contributed by atoms with van der Waals surface area (Å²) in [6.45, 7) is 0. The lowest BCUT2D eigenvalue weighted by Crippen LogP contribution is -1.84. The molecule has 0 amide bonds. The maximum atomic E-state index is 4.65.